The van der Waals surface area contributed by atoms with E-state index in [4.69, 9.17) is 4.74 Å². The maximum atomic E-state index is 11.6. The van der Waals surface area contributed by atoms with Gasteiger partial charge in [-0.05, 0) is 30.8 Å². The van der Waals surface area contributed by atoms with Gasteiger partial charge in [0.15, 0.2) is 9.84 Å². The van der Waals surface area contributed by atoms with Crippen LogP contribution in [0.25, 0.3) is 0 Å². The molecule has 0 unspecified atom stereocenters. The summed E-state index contributed by atoms with van der Waals surface area (Å²) < 4.78 is 28.9. The molecule has 0 saturated carbocycles. The van der Waals surface area contributed by atoms with Crippen molar-refractivity contribution in [1.29, 1.82) is 0 Å². The first kappa shape index (κ1) is 15.5. The van der Waals surface area contributed by atoms with Crippen molar-refractivity contribution < 1.29 is 13.2 Å². The Balaban J connectivity index is 2.26. The van der Waals surface area contributed by atoms with E-state index in [-0.39, 0.29) is 4.90 Å². The number of pyridine rings is 1. The van der Waals surface area contributed by atoms with E-state index in [9.17, 15) is 8.42 Å². The predicted molar refractivity (Wildman–Crippen MR) is 81.2 cm³/mol. The number of benzene rings is 1. The molecule has 21 heavy (non-hydrogen) atoms. The molecule has 0 aliphatic rings. The van der Waals surface area contributed by atoms with Gasteiger partial charge in [-0.2, -0.15) is 0 Å². The van der Waals surface area contributed by atoms with Gasteiger partial charge < -0.3 is 10.1 Å². The topological polar surface area (TPSA) is 68.3 Å². The van der Waals surface area contributed by atoms with Gasteiger partial charge in [-0.15, -0.1) is 0 Å². The molecule has 0 spiro atoms. The molecule has 2 aromatic rings. The minimum absolute atomic E-state index is 0.233. The second-order valence-electron chi connectivity index (χ2n) is 4.61. The molecule has 112 valence electrons. The Labute approximate surface area is 124 Å². The molecule has 0 saturated heterocycles. The number of sulfone groups is 1. The van der Waals surface area contributed by atoms with Gasteiger partial charge in [-0.3, -0.25) is 4.98 Å². The van der Waals surface area contributed by atoms with E-state index in [1.165, 1.54) is 12.3 Å². The fraction of sp³-hybridized carbons (Fsp3) is 0.267. The fourth-order valence-electron chi connectivity index (χ4n) is 1.80. The maximum Gasteiger partial charge on any atom is 0.175 e. The molecular weight excluding hydrogens is 288 g/mol. The summed E-state index contributed by atoms with van der Waals surface area (Å²) in [7, 11) is -3.25. The minimum Gasteiger partial charge on any atom is -0.455 e. The zero-order valence-electron chi connectivity index (χ0n) is 12.0. The third-order valence-electron chi connectivity index (χ3n) is 2.90. The molecule has 5 nitrogen and oxygen atoms in total. The van der Waals surface area contributed by atoms with Crippen LogP contribution in [-0.4, -0.2) is 26.2 Å². The molecule has 6 heteroatoms. The normalized spacial score (nSPS) is 11.3. The van der Waals surface area contributed by atoms with Gasteiger partial charge in [0.25, 0.3) is 0 Å². The van der Waals surface area contributed by atoms with Crippen molar-refractivity contribution in [2.24, 2.45) is 0 Å². The summed E-state index contributed by atoms with van der Waals surface area (Å²) in [5, 5.41) is 3.22. The van der Waals surface area contributed by atoms with Crippen molar-refractivity contribution in [3.8, 4) is 11.5 Å². The van der Waals surface area contributed by atoms with Crippen molar-refractivity contribution in [3.63, 3.8) is 0 Å². The third-order valence-corrected chi connectivity index (χ3v) is 4.01. The summed E-state index contributed by atoms with van der Waals surface area (Å²) in [6, 6.07) is 8.31. The summed E-state index contributed by atoms with van der Waals surface area (Å²) in [6.07, 6.45) is 4.50. The minimum atomic E-state index is -3.25. The predicted octanol–water partition coefficient (Wildman–Crippen LogP) is 2.39. The molecule has 0 aliphatic carbocycles. The lowest BCUT2D eigenvalue weighted by Gasteiger charge is -2.11. The third kappa shape index (κ3) is 4.27. The van der Waals surface area contributed by atoms with E-state index in [2.05, 4.69) is 10.3 Å². The van der Waals surface area contributed by atoms with Crippen LogP contribution in [0.3, 0.4) is 0 Å². The van der Waals surface area contributed by atoms with Gasteiger partial charge in [0, 0.05) is 24.6 Å². The molecular formula is C15H18N2O3S. The zero-order chi connectivity index (χ0) is 15.3. The van der Waals surface area contributed by atoms with E-state index < -0.39 is 9.84 Å². The molecule has 0 amide bonds. The van der Waals surface area contributed by atoms with Crippen LogP contribution in [-0.2, 0) is 16.4 Å². The summed E-state index contributed by atoms with van der Waals surface area (Å²) in [5.41, 5.74) is 0.969. The van der Waals surface area contributed by atoms with E-state index in [0.29, 0.717) is 18.0 Å². The summed E-state index contributed by atoms with van der Waals surface area (Å²) >= 11 is 0. The van der Waals surface area contributed by atoms with Crippen molar-refractivity contribution in [2.75, 3.05) is 12.8 Å². The number of hydrogen-bond acceptors (Lipinski definition) is 5. The molecule has 1 heterocycles. The van der Waals surface area contributed by atoms with Crippen LogP contribution in [0.2, 0.25) is 0 Å². The Morgan fingerprint density at radius 1 is 1.29 bits per heavy atom. The second-order valence-corrected chi connectivity index (χ2v) is 6.63. The first-order valence-corrected chi connectivity index (χ1v) is 8.51. The Kier molecular flexibility index (Phi) is 4.93. The molecule has 1 N–H and O–H groups in total. The van der Waals surface area contributed by atoms with Crippen LogP contribution in [0.1, 0.15) is 12.5 Å². The summed E-state index contributed by atoms with van der Waals surface area (Å²) in [5.74, 6) is 1.09. The number of rotatable bonds is 6. The van der Waals surface area contributed by atoms with E-state index >= 15 is 0 Å². The molecule has 0 aliphatic heterocycles. The number of aromatic nitrogens is 1. The maximum absolute atomic E-state index is 11.6. The molecule has 0 radical (unpaired) electrons. The van der Waals surface area contributed by atoms with Crippen molar-refractivity contribution in [2.45, 2.75) is 18.4 Å². The first-order chi connectivity index (χ1) is 10.0. The molecule has 0 atom stereocenters. The Hall–Kier alpha value is -1.92. The molecule has 0 bridgehead atoms. The second kappa shape index (κ2) is 6.69. The number of nitrogens with one attached hydrogen (secondary N) is 1. The van der Waals surface area contributed by atoms with E-state index in [1.54, 1.807) is 30.6 Å². The Morgan fingerprint density at radius 3 is 2.81 bits per heavy atom. The summed E-state index contributed by atoms with van der Waals surface area (Å²) in [4.78, 5) is 4.28. The molecule has 2 rings (SSSR count). The van der Waals surface area contributed by atoms with Crippen LogP contribution >= 0.6 is 0 Å². The molecule has 1 aromatic carbocycles. The number of nitrogens with zero attached hydrogens (tertiary/aromatic N) is 1. The number of hydrogen-bond donors (Lipinski definition) is 1. The standard InChI is InChI=1S/C15H18N2O3S/c1-3-16-10-12-7-8-17-11-15(12)20-13-5-4-6-14(9-13)21(2,18)19/h4-9,11,16H,3,10H2,1-2H3. The lowest BCUT2D eigenvalue weighted by Crippen LogP contribution is -2.12. The smallest absolute Gasteiger partial charge is 0.175 e. The highest BCUT2D eigenvalue weighted by Gasteiger charge is 2.10. The van der Waals surface area contributed by atoms with Gasteiger partial charge in [0.1, 0.15) is 11.5 Å². The lowest BCUT2D eigenvalue weighted by molar-refractivity contribution is 0.469. The summed E-state index contributed by atoms with van der Waals surface area (Å²) in [6.45, 7) is 3.54. The van der Waals surface area contributed by atoms with Crippen molar-refractivity contribution in [1.82, 2.24) is 10.3 Å². The first-order valence-electron chi connectivity index (χ1n) is 6.62. The highest BCUT2D eigenvalue weighted by Crippen LogP contribution is 2.26. The zero-order valence-corrected chi connectivity index (χ0v) is 12.9. The molecule has 1 aromatic heterocycles. The van der Waals surface area contributed by atoms with Crippen LogP contribution in [0.5, 0.6) is 11.5 Å². The molecule has 0 fully saturated rings. The average Bonchev–Trinajstić information content (AvgIpc) is 2.46. The SMILES string of the molecule is CCNCc1ccncc1Oc1cccc(S(C)(=O)=O)c1. The van der Waals surface area contributed by atoms with Gasteiger partial charge in [-0.1, -0.05) is 13.0 Å². The van der Waals surface area contributed by atoms with Gasteiger partial charge in [0.05, 0.1) is 11.1 Å². The van der Waals surface area contributed by atoms with E-state index in [0.717, 1.165) is 12.1 Å². The highest BCUT2D eigenvalue weighted by molar-refractivity contribution is 7.90. The van der Waals surface area contributed by atoms with Crippen LogP contribution in [0, 0.1) is 0 Å². The number of ether oxygens (including phenoxy) is 1. The Morgan fingerprint density at radius 2 is 2.10 bits per heavy atom. The van der Waals surface area contributed by atoms with Gasteiger partial charge >= 0.3 is 0 Å². The van der Waals surface area contributed by atoms with Gasteiger partial charge in [-0.25, -0.2) is 8.42 Å². The van der Waals surface area contributed by atoms with Gasteiger partial charge in [0.2, 0.25) is 0 Å². The van der Waals surface area contributed by atoms with Crippen molar-refractivity contribution >= 4 is 9.84 Å². The van der Waals surface area contributed by atoms with E-state index in [1.807, 2.05) is 13.0 Å². The quantitative estimate of drug-likeness (QED) is 0.887. The van der Waals surface area contributed by atoms with Crippen molar-refractivity contribution in [3.05, 3.63) is 48.3 Å². The van der Waals surface area contributed by atoms with Crippen LogP contribution in [0.4, 0.5) is 0 Å². The van der Waals surface area contributed by atoms with Crippen LogP contribution < -0.4 is 10.1 Å². The highest BCUT2D eigenvalue weighted by atomic mass is 32.2. The lowest BCUT2D eigenvalue weighted by atomic mass is 10.2. The van der Waals surface area contributed by atoms with Crippen LogP contribution in [0.15, 0.2) is 47.6 Å². The average molecular weight is 306 g/mol. The monoisotopic (exact) mass is 306 g/mol. The fourth-order valence-corrected chi connectivity index (χ4v) is 2.46. The Bertz CT molecular complexity index is 714. The largest absolute Gasteiger partial charge is 0.455 e.